The van der Waals surface area contributed by atoms with Crippen LogP contribution in [0.1, 0.15) is 0 Å². The molecule has 0 aliphatic rings. The van der Waals surface area contributed by atoms with E-state index in [1.165, 1.54) is 0 Å². The highest BCUT2D eigenvalue weighted by Crippen LogP contribution is 2.33. The van der Waals surface area contributed by atoms with Gasteiger partial charge in [-0.1, -0.05) is 34.1 Å². The average molecular weight is 325 g/mol. The lowest BCUT2D eigenvalue weighted by molar-refractivity contribution is 0.482. The molecule has 3 nitrogen and oxygen atoms in total. The molecule has 0 bridgehead atoms. The van der Waals surface area contributed by atoms with Crippen molar-refractivity contribution in [2.45, 2.75) is 0 Å². The van der Waals surface area contributed by atoms with Crippen LogP contribution in [0.25, 0.3) is 32.8 Å². The van der Waals surface area contributed by atoms with Crippen LogP contribution in [0.15, 0.2) is 53.0 Å². The molecule has 1 heterocycles. The Hall–Kier alpha value is -2.20. The molecule has 0 amide bonds. The average Bonchev–Trinajstić information content (AvgIpc) is 2.46. The van der Waals surface area contributed by atoms with E-state index in [1.54, 1.807) is 6.07 Å². The van der Waals surface area contributed by atoms with Crippen LogP contribution in [0, 0.1) is 0 Å². The van der Waals surface area contributed by atoms with Crippen LogP contribution >= 0.6 is 15.9 Å². The number of benzene rings is 3. The standard InChI is InChI=1S/C16H9BrN2O/c17-9-5-6-10-11(7-9)15(20)8-14-16(10)19-13-4-2-1-3-12(13)18-14/h1-8,20H. The minimum absolute atomic E-state index is 0.221. The van der Waals surface area contributed by atoms with Crippen LogP contribution in [-0.2, 0) is 0 Å². The molecule has 0 unspecified atom stereocenters. The lowest BCUT2D eigenvalue weighted by Crippen LogP contribution is -1.89. The number of aromatic hydroxyl groups is 1. The number of nitrogens with zero attached hydrogens (tertiary/aromatic N) is 2. The van der Waals surface area contributed by atoms with Gasteiger partial charge in [-0.2, -0.15) is 0 Å². The van der Waals surface area contributed by atoms with Crippen molar-refractivity contribution < 1.29 is 5.11 Å². The Kier molecular flexibility index (Phi) is 2.41. The first kappa shape index (κ1) is 11.6. The molecule has 20 heavy (non-hydrogen) atoms. The van der Waals surface area contributed by atoms with Crippen molar-refractivity contribution in [3.8, 4) is 5.75 Å². The summed E-state index contributed by atoms with van der Waals surface area (Å²) in [7, 11) is 0. The molecule has 0 aliphatic heterocycles. The number of halogens is 1. The van der Waals surface area contributed by atoms with E-state index < -0.39 is 0 Å². The fourth-order valence-electron chi connectivity index (χ4n) is 2.45. The van der Waals surface area contributed by atoms with E-state index in [-0.39, 0.29) is 5.75 Å². The van der Waals surface area contributed by atoms with Crippen molar-refractivity contribution in [2.75, 3.05) is 0 Å². The molecular weight excluding hydrogens is 316 g/mol. The van der Waals surface area contributed by atoms with Gasteiger partial charge in [0.25, 0.3) is 0 Å². The molecule has 96 valence electrons. The second kappa shape index (κ2) is 4.15. The summed E-state index contributed by atoms with van der Waals surface area (Å²) >= 11 is 3.42. The molecule has 0 fully saturated rings. The molecule has 4 rings (SSSR count). The minimum atomic E-state index is 0.221. The van der Waals surface area contributed by atoms with Gasteiger partial charge in [0.05, 0.1) is 22.1 Å². The Bertz CT molecular complexity index is 982. The first-order valence-corrected chi connectivity index (χ1v) is 6.99. The number of hydrogen-bond acceptors (Lipinski definition) is 3. The van der Waals surface area contributed by atoms with Crippen LogP contribution < -0.4 is 0 Å². The van der Waals surface area contributed by atoms with E-state index in [9.17, 15) is 5.11 Å². The second-order valence-electron chi connectivity index (χ2n) is 4.67. The Labute approximate surface area is 123 Å². The Morgan fingerprint density at radius 1 is 0.800 bits per heavy atom. The number of para-hydroxylation sites is 2. The fraction of sp³-hybridized carbons (Fsp3) is 0. The van der Waals surface area contributed by atoms with Crippen molar-refractivity contribution in [3.05, 3.63) is 53.0 Å². The second-order valence-corrected chi connectivity index (χ2v) is 5.58. The molecule has 4 heteroatoms. The smallest absolute Gasteiger partial charge is 0.125 e. The molecule has 0 radical (unpaired) electrons. The van der Waals surface area contributed by atoms with E-state index >= 15 is 0 Å². The fourth-order valence-corrected chi connectivity index (χ4v) is 2.82. The predicted molar refractivity (Wildman–Crippen MR) is 83.9 cm³/mol. The molecule has 3 aromatic carbocycles. The summed E-state index contributed by atoms with van der Waals surface area (Å²) in [5, 5.41) is 11.9. The van der Waals surface area contributed by atoms with Gasteiger partial charge in [0.1, 0.15) is 5.75 Å². The zero-order chi connectivity index (χ0) is 13.7. The van der Waals surface area contributed by atoms with Crippen LogP contribution in [-0.4, -0.2) is 15.1 Å². The third-order valence-corrected chi connectivity index (χ3v) is 3.88. The van der Waals surface area contributed by atoms with Gasteiger partial charge in [-0.25, -0.2) is 9.97 Å². The summed E-state index contributed by atoms with van der Waals surface area (Å²) < 4.78 is 0.924. The number of hydrogen-bond donors (Lipinski definition) is 1. The zero-order valence-corrected chi connectivity index (χ0v) is 11.9. The third kappa shape index (κ3) is 1.65. The maximum Gasteiger partial charge on any atom is 0.125 e. The number of rotatable bonds is 0. The van der Waals surface area contributed by atoms with Gasteiger partial charge in [-0.15, -0.1) is 0 Å². The maximum atomic E-state index is 10.2. The number of phenols is 1. The third-order valence-electron chi connectivity index (χ3n) is 3.38. The molecule has 0 atom stereocenters. The van der Waals surface area contributed by atoms with E-state index in [0.717, 1.165) is 31.8 Å². The molecule has 1 N–H and O–H groups in total. The predicted octanol–water partition coefficient (Wildman–Crippen LogP) is 4.40. The monoisotopic (exact) mass is 324 g/mol. The highest BCUT2D eigenvalue weighted by molar-refractivity contribution is 9.10. The normalized spacial score (nSPS) is 11.4. The molecule has 0 aliphatic carbocycles. The zero-order valence-electron chi connectivity index (χ0n) is 10.3. The summed E-state index contributed by atoms with van der Waals surface area (Å²) in [4.78, 5) is 9.26. The van der Waals surface area contributed by atoms with Crippen LogP contribution in [0.4, 0.5) is 0 Å². The number of phenolic OH excluding ortho intramolecular Hbond substituents is 1. The quantitative estimate of drug-likeness (QED) is 0.385. The first-order chi connectivity index (χ1) is 9.72. The Morgan fingerprint density at radius 3 is 2.35 bits per heavy atom. The van der Waals surface area contributed by atoms with Gasteiger partial charge in [-0.3, -0.25) is 0 Å². The van der Waals surface area contributed by atoms with Crippen molar-refractivity contribution >= 4 is 48.8 Å². The molecule has 0 spiro atoms. The summed E-state index contributed by atoms with van der Waals surface area (Å²) in [6.07, 6.45) is 0. The lowest BCUT2D eigenvalue weighted by atomic mass is 10.1. The molecule has 0 saturated carbocycles. The summed E-state index contributed by atoms with van der Waals surface area (Å²) in [6.45, 7) is 0. The van der Waals surface area contributed by atoms with E-state index in [4.69, 9.17) is 0 Å². The highest BCUT2D eigenvalue weighted by Gasteiger charge is 2.09. The van der Waals surface area contributed by atoms with Crippen LogP contribution in [0.5, 0.6) is 5.75 Å². The number of fused-ring (bicyclic) bond motifs is 4. The van der Waals surface area contributed by atoms with Gasteiger partial charge in [-0.05, 0) is 24.3 Å². The van der Waals surface area contributed by atoms with Crippen molar-refractivity contribution in [3.63, 3.8) is 0 Å². The minimum Gasteiger partial charge on any atom is -0.507 e. The van der Waals surface area contributed by atoms with Crippen LogP contribution in [0.2, 0.25) is 0 Å². The number of aromatic nitrogens is 2. The van der Waals surface area contributed by atoms with Crippen LogP contribution in [0.3, 0.4) is 0 Å². The van der Waals surface area contributed by atoms with E-state index in [2.05, 4.69) is 25.9 Å². The van der Waals surface area contributed by atoms with Gasteiger partial charge < -0.3 is 5.11 Å². The Balaban J connectivity index is 2.26. The van der Waals surface area contributed by atoms with Crippen molar-refractivity contribution in [1.29, 1.82) is 0 Å². The maximum absolute atomic E-state index is 10.2. The molecule has 4 aromatic rings. The first-order valence-electron chi connectivity index (χ1n) is 6.20. The topological polar surface area (TPSA) is 46.0 Å². The van der Waals surface area contributed by atoms with Crippen molar-refractivity contribution in [1.82, 2.24) is 9.97 Å². The molecular formula is C16H9BrN2O. The van der Waals surface area contributed by atoms with Crippen molar-refractivity contribution in [2.24, 2.45) is 0 Å². The van der Waals surface area contributed by atoms with Gasteiger partial charge in [0.2, 0.25) is 0 Å². The summed E-state index contributed by atoms with van der Waals surface area (Å²) in [5.41, 5.74) is 3.20. The Morgan fingerprint density at radius 2 is 1.55 bits per heavy atom. The van der Waals surface area contributed by atoms with E-state index in [1.807, 2.05) is 42.5 Å². The highest BCUT2D eigenvalue weighted by atomic mass is 79.9. The summed E-state index contributed by atoms with van der Waals surface area (Å²) in [5.74, 6) is 0.221. The van der Waals surface area contributed by atoms with Gasteiger partial charge in [0.15, 0.2) is 0 Å². The van der Waals surface area contributed by atoms with Gasteiger partial charge >= 0.3 is 0 Å². The molecule has 0 saturated heterocycles. The summed E-state index contributed by atoms with van der Waals surface area (Å²) in [6, 6.07) is 15.2. The van der Waals surface area contributed by atoms with E-state index in [0.29, 0.717) is 5.52 Å². The molecule has 1 aromatic heterocycles. The SMILES string of the molecule is Oc1cc2nc3ccccc3nc2c2ccc(Br)cc12. The largest absolute Gasteiger partial charge is 0.507 e. The van der Waals surface area contributed by atoms with Gasteiger partial charge in [0, 0.05) is 21.3 Å². The lowest BCUT2D eigenvalue weighted by Gasteiger charge is -2.07.